The highest BCUT2D eigenvalue weighted by Gasteiger charge is 2.23. The van der Waals surface area contributed by atoms with E-state index in [0.717, 1.165) is 31.5 Å². The third kappa shape index (κ3) is 5.82. The van der Waals surface area contributed by atoms with Gasteiger partial charge in [0, 0.05) is 50.9 Å². The lowest BCUT2D eigenvalue weighted by Gasteiger charge is -2.36. The zero-order chi connectivity index (χ0) is 16.8. The molecule has 2 heterocycles. The van der Waals surface area contributed by atoms with Crippen LogP contribution in [0.4, 0.5) is 0 Å². The molecule has 0 aromatic carbocycles. The predicted octanol–water partition coefficient (Wildman–Crippen LogP) is 1.72. The molecule has 5 nitrogen and oxygen atoms in total. The molecular formula is C18H29N3O2. The number of nitrogens with zero attached hydrogens (tertiary/aromatic N) is 2. The molecule has 0 spiro atoms. The maximum atomic E-state index is 12.1. The van der Waals surface area contributed by atoms with Gasteiger partial charge in [0.2, 0.25) is 5.91 Å². The molecule has 0 saturated carbocycles. The van der Waals surface area contributed by atoms with Crippen LogP contribution in [0.3, 0.4) is 0 Å². The van der Waals surface area contributed by atoms with Crippen molar-refractivity contribution in [3.8, 4) is 0 Å². The molecule has 0 radical (unpaired) electrons. The summed E-state index contributed by atoms with van der Waals surface area (Å²) in [6.07, 6.45) is 3.35. The minimum atomic E-state index is -0.0651. The lowest BCUT2D eigenvalue weighted by atomic mass is 9.92. The summed E-state index contributed by atoms with van der Waals surface area (Å²) in [7, 11) is 0. The number of likely N-dealkylation sites (tertiary alicyclic amines) is 1. The van der Waals surface area contributed by atoms with E-state index in [1.165, 1.54) is 12.5 Å². The van der Waals surface area contributed by atoms with Gasteiger partial charge in [-0.1, -0.05) is 19.9 Å². The molecule has 1 aliphatic rings. The summed E-state index contributed by atoms with van der Waals surface area (Å²) in [5.41, 5.74) is -0.0651. The fraction of sp³-hybridized carbons (Fsp3) is 0.667. The van der Waals surface area contributed by atoms with Gasteiger partial charge in [-0.15, -0.1) is 0 Å². The standard InChI is InChI=1S/C18H29N3O2/c1-14-10-15(2)12-20(11-14)13-16(3)19-17(22)7-9-21-8-5-4-6-18(21)23/h4-6,8,14-16H,7,9-13H2,1-3H3,(H,19,22). The number of carbonyl (C=O) groups excluding carboxylic acids is 1. The first-order valence-corrected chi connectivity index (χ1v) is 8.61. The van der Waals surface area contributed by atoms with Crippen LogP contribution in [0, 0.1) is 11.8 Å². The molecule has 3 atom stereocenters. The van der Waals surface area contributed by atoms with E-state index in [4.69, 9.17) is 0 Å². The molecule has 1 aromatic rings. The van der Waals surface area contributed by atoms with Crippen LogP contribution >= 0.6 is 0 Å². The fourth-order valence-electron chi connectivity index (χ4n) is 3.59. The highest BCUT2D eigenvalue weighted by Crippen LogP contribution is 2.20. The molecule has 23 heavy (non-hydrogen) atoms. The van der Waals surface area contributed by atoms with Gasteiger partial charge in [0.05, 0.1) is 0 Å². The number of nitrogens with one attached hydrogen (secondary N) is 1. The van der Waals surface area contributed by atoms with Crippen molar-refractivity contribution in [3.05, 3.63) is 34.7 Å². The zero-order valence-electron chi connectivity index (χ0n) is 14.5. The van der Waals surface area contributed by atoms with E-state index >= 15 is 0 Å². The molecule has 1 aromatic heterocycles. The number of aromatic nitrogens is 1. The monoisotopic (exact) mass is 319 g/mol. The molecule has 1 N–H and O–H groups in total. The van der Waals surface area contributed by atoms with Gasteiger partial charge >= 0.3 is 0 Å². The summed E-state index contributed by atoms with van der Waals surface area (Å²) < 4.78 is 1.57. The lowest BCUT2D eigenvalue weighted by Crippen LogP contribution is -2.47. The van der Waals surface area contributed by atoms with E-state index in [1.807, 2.05) is 0 Å². The van der Waals surface area contributed by atoms with Crippen molar-refractivity contribution >= 4 is 5.91 Å². The summed E-state index contributed by atoms with van der Waals surface area (Å²) in [5, 5.41) is 3.05. The minimum Gasteiger partial charge on any atom is -0.352 e. The zero-order valence-corrected chi connectivity index (χ0v) is 14.5. The number of piperidine rings is 1. The molecule has 0 bridgehead atoms. The van der Waals surface area contributed by atoms with Crippen LogP contribution in [0.2, 0.25) is 0 Å². The number of aryl methyl sites for hydroxylation is 1. The van der Waals surface area contributed by atoms with Crippen LogP contribution in [0.1, 0.15) is 33.6 Å². The van der Waals surface area contributed by atoms with E-state index < -0.39 is 0 Å². The smallest absolute Gasteiger partial charge is 0.250 e. The van der Waals surface area contributed by atoms with Crippen molar-refractivity contribution in [3.63, 3.8) is 0 Å². The molecule has 1 aliphatic heterocycles. The number of pyridine rings is 1. The van der Waals surface area contributed by atoms with Crippen molar-refractivity contribution in [2.45, 2.75) is 46.2 Å². The average molecular weight is 319 g/mol. The summed E-state index contributed by atoms with van der Waals surface area (Å²) in [6, 6.07) is 5.16. The number of amides is 1. The molecule has 1 amide bonds. The third-order valence-corrected chi connectivity index (χ3v) is 4.36. The van der Waals surface area contributed by atoms with Crippen molar-refractivity contribution in [2.75, 3.05) is 19.6 Å². The molecule has 3 unspecified atom stereocenters. The Bertz CT molecular complexity index is 559. The van der Waals surface area contributed by atoms with Crippen LogP contribution in [0.25, 0.3) is 0 Å². The van der Waals surface area contributed by atoms with Gasteiger partial charge in [-0.05, 0) is 31.2 Å². The van der Waals surface area contributed by atoms with Crippen LogP contribution in [-0.2, 0) is 11.3 Å². The quantitative estimate of drug-likeness (QED) is 0.869. The number of rotatable bonds is 6. The lowest BCUT2D eigenvalue weighted by molar-refractivity contribution is -0.122. The molecule has 2 rings (SSSR count). The van der Waals surface area contributed by atoms with Gasteiger partial charge in [0.1, 0.15) is 0 Å². The normalized spacial score (nSPS) is 23.4. The second kappa shape index (κ2) is 8.29. The van der Waals surface area contributed by atoms with Crippen LogP contribution in [-0.4, -0.2) is 41.1 Å². The van der Waals surface area contributed by atoms with Crippen molar-refractivity contribution < 1.29 is 4.79 Å². The molecule has 5 heteroatoms. The van der Waals surface area contributed by atoms with Gasteiger partial charge in [0.15, 0.2) is 0 Å². The summed E-state index contributed by atoms with van der Waals surface area (Å²) >= 11 is 0. The molecule has 0 aliphatic carbocycles. The van der Waals surface area contributed by atoms with E-state index in [2.05, 4.69) is 31.0 Å². The van der Waals surface area contributed by atoms with E-state index in [9.17, 15) is 9.59 Å². The van der Waals surface area contributed by atoms with Gasteiger partial charge in [-0.25, -0.2) is 0 Å². The number of hydrogen-bond acceptors (Lipinski definition) is 3. The summed E-state index contributed by atoms with van der Waals surface area (Å²) in [5.74, 6) is 1.46. The first kappa shape index (κ1) is 17.7. The highest BCUT2D eigenvalue weighted by atomic mass is 16.2. The Morgan fingerprint density at radius 1 is 1.30 bits per heavy atom. The Morgan fingerprint density at radius 2 is 2.00 bits per heavy atom. The first-order chi connectivity index (χ1) is 10.9. The topological polar surface area (TPSA) is 54.3 Å². The predicted molar refractivity (Wildman–Crippen MR) is 92.3 cm³/mol. The molecule has 128 valence electrons. The Hall–Kier alpha value is -1.62. The molecular weight excluding hydrogens is 290 g/mol. The van der Waals surface area contributed by atoms with Crippen molar-refractivity contribution in [2.24, 2.45) is 11.8 Å². The average Bonchev–Trinajstić information content (AvgIpc) is 2.45. The van der Waals surface area contributed by atoms with Gasteiger partial charge in [-0.3, -0.25) is 9.59 Å². The summed E-state index contributed by atoms with van der Waals surface area (Å²) in [4.78, 5) is 26.1. The van der Waals surface area contributed by atoms with Crippen LogP contribution < -0.4 is 10.9 Å². The summed E-state index contributed by atoms with van der Waals surface area (Å²) in [6.45, 7) is 10.2. The second-order valence-electron chi connectivity index (χ2n) is 7.12. The number of carbonyl (C=O) groups is 1. The van der Waals surface area contributed by atoms with E-state index in [0.29, 0.717) is 13.0 Å². The maximum absolute atomic E-state index is 12.1. The highest BCUT2D eigenvalue weighted by molar-refractivity contribution is 5.76. The largest absolute Gasteiger partial charge is 0.352 e. The van der Waals surface area contributed by atoms with Crippen molar-refractivity contribution in [1.82, 2.24) is 14.8 Å². The van der Waals surface area contributed by atoms with E-state index in [1.54, 1.807) is 22.9 Å². The minimum absolute atomic E-state index is 0.00589. The molecule has 1 saturated heterocycles. The Balaban J connectivity index is 1.74. The Labute approximate surface area is 138 Å². The third-order valence-electron chi connectivity index (χ3n) is 4.36. The van der Waals surface area contributed by atoms with Crippen LogP contribution in [0.5, 0.6) is 0 Å². The SMILES string of the molecule is CC1CC(C)CN(CC(C)NC(=O)CCn2ccccc2=O)C1. The van der Waals surface area contributed by atoms with E-state index in [-0.39, 0.29) is 17.5 Å². The fourth-order valence-corrected chi connectivity index (χ4v) is 3.59. The van der Waals surface area contributed by atoms with Gasteiger partial charge in [-0.2, -0.15) is 0 Å². The van der Waals surface area contributed by atoms with Gasteiger partial charge in [0.25, 0.3) is 5.56 Å². The van der Waals surface area contributed by atoms with Crippen LogP contribution in [0.15, 0.2) is 29.2 Å². The Kier molecular flexibility index (Phi) is 6.39. The number of hydrogen-bond donors (Lipinski definition) is 1. The Morgan fingerprint density at radius 3 is 2.65 bits per heavy atom. The second-order valence-corrected chi connectivity index (χ2v) is 7.12. The maximum Gasteiger partial charge on any atom is 0.250 e. The van der Waals surface area contributed by atoms with Gasteiger partial charge < -0.3 is 14.8 Å². The van der Waals surface area contributed by atoms with Crippen molar-refractivity contribution in [1.29, 1.82) is 0 Å². The molecule has 1 fully saturated rings. The first-order valence-electron chi connectivity index (χ1n) is 8.61.